The minimum Gasteiger partial charge on any atom is -1.00 e. The van der Waals surface area contributed by atoms with Crippen LogP contribution in [-0.2, 0) is 25.6 Å². The van der Waals surface area contributed by atoms with Crippen LogP contribution < -0.4 is 29.5 Å². The number of hydrogen-bond donors (Lipinski definition) is 3. The Balaban J connectivity index is 0.000000975. The van der Waals surface area contributed by atoms with Gasteiger partial charge in [-0.05, 0) is 99.5 Å². The fourth-order valence-corrected chi connectivity index (χ4v) is 6.31. The van der Waals surface area contributed by atoms with Gasteiger partial charge < -0.3 is 45.9 Å². The minimum absolute atomic E-state index is 0. The van der Waals surface area contributed by atoms with E-state index >= 15 is 0 Å². The normalized spacial score (nSPS) is 15.9. The van der Waals surface area contributed by atoms with Crippen molar-refractivity contribution in [2.75, 3.05) is 69.1 Å². The number of carbonyl (C=O) groups is 3. The van der Waals surface area contributed by atoms with Crippen molar-refractivity contribution in [3.63, 3.8) is 0 Å². The molecule has 3 fully saturated rings. The second kappa shape index (κ2) is 26.7. The van der Waals surface area contributed by atoms with Crippen molar-refractivity contribution in [3.05, 3.63) is 23.5 Å². The third kappa shape index (κ3) is 19.3. The van der Waals surface area contributed by atoms with Gasteiger partial charge in [0, 0.05) is 69.4 Å². The third-order valence-corrected chi connectivity index (χ3v) is 9.57. The van der Waals surface area contributed by atoms with Gasteiger partial charge in [-0.1, -0.05) is 23.5 Å². The van der Waals surface area contributed by atoms with Gasteiger partial charge in [-0.25, -0.2) is 34.3 Å². The second-order valence-corrected chi connectivity index (χ2v) is 16.9. The van der Waals surface area contributed by atoms with Crippen molar-refractivity contribution in [2.45, 2.75) is 127 Å². The number of aliphatic hydroxyl groups excluding tert-OH is 1. The summed E-state index contributed by atoms with van der Waals surface area (Å²) in [7, 11) is 0. The molecule has 3 aliphatic heterocycles. The molecule has 0 saturated carbocycles. The third-order valence-electron chi connectivity index (χ3n) is 8.44. The van der Waals surface area contributed by atoms with Gasteiger partial charge >= 0.3 is 37.0 Å². The first-order valence-corrected chi connectivity index (χ1v) is 21.7. The summed E-state index contributed by atoms with van der Waals surface area (Å²) in [6.45, 7) is 17.6. The number of ether oxygens (including phenoxy) is 4. The number of thioether (sulfide) groups is 2. The second-order valence-electron chi connectivity index (χ2n) is 15.3. The van der Waals surface area contributed by atoms with Gasteiger partial charge in [0.1, 0.15) is 28.4 Å². The number of esters is 1. The number of aromatic nitrogens is 4. The van der Waals surface area contributed by atoms with Gasteiger partial charge in [-0.3, -0.25) is 0 Å². The van der Waals surface area contributed by atoms with Crippen LogP contribution in [0, 0.1) is 0 Å². The van der Waals surface area contributed by atoms with Crippen LogP contribution in [-0.4, -0.2) is 152 Å². The molecular formula is C38H66AlLiN8O8S2. The molecule has 0 aliphatic carbocycles. The zero-order valence-electron chi connectivity index (χ0n) is 36.5. The molecule has 3 saturated heterocycles. The van der Waals surface area contributed by atoms with E-state index in [1.54, 1.807) is 22.9 Å². The molecule has 2 aromatic heterocycles. The summed E-state index contributed by atoms with van der Waals surface area (Å²) in [5, 5.41) is 17.4. The topological polar surface area (TPSA) is 190 Å². The molecule has 0 aromatic carbocycles. The molecule has 16 nitrogen and oxygen atoms in total. The van der Waals surface area contributed by atoms with Gasteiger partial charge in [-0.2, -0.15) is 0 Å². The number of nitrogens with one attached hydrogen (secondary N) is 2. The Morgan fingerprint density at radius 2 is 1.24 bits per heavy atom. The number of likely N-dealkylation sites (tertiary alicyclic amines) is 2. The zero-order chi connectivity index (χ0) is 41.3. The molecule has 58 heavy (non-hydrogen) atoms. The Morgan fingerprint density at radius 3 is 1.62 bits per heavy atom. The smallest absolute Gasteiger partial charge is 1.00 e. The monoisotopic (exact) mass is 860 g/mol. The number of anilines is 2. The van der Waals surface area contributed by atoms with Crippen molar-refractivity contribution in [1.29, 1.82) is 0 Å². The van der Waals surface area contributed by atoms with Crippen LogP contribution in [0.25, 0.3) is 0 Å². The van der Waals surface area contributed by atoms with Crippen molar-refractivity contribution in [3.8, 4) is 0 Å². The van der Waals surface area contributed by atoms with Crippen molar-refractivity contribution >= 4 is 70.7 Å². The van der Waals surface area contributed by atoms with Crippen LogP contribution in [0.15, 0.2) is 22.7 Å². The van der Waals surface area contributed by atoms with Crippen LogP contribution in [0.3, 0.4) is 0 Å². The number of aliphatic hydroxyl groups is 1. The largest absolute Gasteiger partial charge is 1.00 e. The Hall–Kier alpha value is -2.48. The minimum atomic E-state index is -0.504. The van der Waals surface area contributed by atoms with Crippen molar-refractivity contribution in [1.82, 2.24) is 29.7 Å². The molecular weight excluding hydrogens is 795 g/mol. The molecule has 0 atom stereocenters. The van der Waals surface area contributed by atoms with E-state index in [0.29, 0.717) is 59.3 Å². The van der Waals surface area contributed by atoms with Crippen LogP contribution in [0.2, 0.25) is 0 Å². The summed E-state index contributed by atoms with van der Waals surface area (Å²) in [4.78, 5) is 57.1. The molecule has 20 heteroatoms. The van der Waals surface area contributed by atoms with Crippen molar-refractivity contribution in [2.24, 2.45) is 0 Å². The Morgan fingerprint density at radius 1 is 0.810 bits per heavy atom. The van der Waals surface area contributed by atoms with Gasteiger partial charge in [0.15, 0.2) is 27.7 Å². The average molecular weight is 861 g/mol. The number of nitrogens with zero attached hydrogens (tertiary/aromatic N) is 6. The summed E-state index contributed by atoms with van der Waals surface area (Å²) < 4.78 is 20.9. The first-order valence-electron chi connectivity index (χ1n) is 19.2. The number of piperidine rings is 2. The van der Waals surface area contributed by atoms with E-state index < -0.39 is 17.2 Å². The molecule has 0 spiro atoms. The SMILES string of the molecule is C1CCOC1.CCOC(=O)c1cnc(SC)nc1NC1CCN(C(=O)OC(C)(C)C)CC1.CSc1ncc(CO)c(NC2CCN(C(=O)OC(C)(C)C)CC2)n1.[AlH3].[H-].[Li+]. The molecule has 5 heterocycles. The van der Waals surface area contributed by atoms with Gasteiger partial charge in [0.05, 0.1) is 13.2 Å². The number of hydrogen-bond acceptors (Lipinski definition) is 16. The van der Waals surface area contributed by atoms with E-state index in [0.717, 1.165) is 38.9 Å². The Kier molecular flexibility index (Phi) is 24.6. The summed E-state index contributed by atoms with van der Waals surface area (Å²) in [5.41, 5.74) is 0.0272. The van der Waals surface area contributed by atoms with E-state index in [1.165, 1.54) is 42.6 Å². The molecule has 3 aliphatic rings. The molecule has 2 amide bonds. The zero-order valence-corrected chi connectivity index (χ0v) is 37.1. The standard InChI is InChI=1S/C18H28N4O4S.C16H26N4O3S.C4H8O.Al.Li.4H/c1-6-25-15(23)13-11-19-16(27-5)21-14(13)20-12-7-9-22(10-8-12)17(24)26-18(2,3)4;1-16(2,3)23-15(22)20-7-5-12(6-8-20)18-13-11(10-21)9-17-14(19-13)24-4;1-2-4-5-3-1;;;;;;/h11-12H,6-10H2,1-5H3,(H,19,20,21);9,12,21H,5-8,10H2,1-4H3,(H,17,18,19);1-4H2;;;;;;/q;;;;+1;;;;-1. The molecule has 5 rings (SSSR count). The maximum atomic E-state index is 12.2. The summed E-state index contributed by atoms with van der Waals surface area (Å²) in [6, 6.07) is 0.306. The number of carbonyl (C=O) groups excluding carboxylic acids is 3. The maximum absolute atomic E-state index is 12.2. The molecule has 3 N–H and O–H groups in total. The predicted octanol–water partition coefficient (Wildman–Crippen LogP) is 2.42. The number of amides is 2. The van der Waals surface area contributed by atoms with Crippen LogP contribution >= 0.6 is 23.5 Å². The summed E-state index contributed by atoms with van der Waals surface area (Å²) >= 11 is 2.86. The van der Waals surface area contributed by atoms with E-state index in [2.05, 4.69) is 30.6 Å². The van der Waals surface area contributed by atoms with E-state index in [-0.39, 0.29) is 75.1 Å². The first-order chi connectivity index (χ1) is 26.5. The summed E-state index contributed by atoms with van der Waals surface area (Å²) in [5.74, 6) is 0.704. The van der Waals surface area contributed by atoms with Crippen molar-refractivity contribution < 1.29 is 58.7 Å². The molecule has 0 radical (unpaired) electrons. The van der Waals surface area contributed by atoms with Gasteiger partial charge in [-0.15, -0.1) is 0 Å². The summed E-state index contributed by atoms with van der Waals surface area (Å²) in [6.07, 6.45) is 12.0. The van der Waals surface area contributed by atoms with Crippen LogP contribution in [0.4, 0.5) is 21.2 Å². The first kappa shape index (κ1) is 53.5. The number of rotatable bonds is 9. The van der Waals surface area contributed by atoms with Gasteiger partial charge in [0.25, 0.3) is 0 Å². The quantitative estimate of drug-likeness (QED) is 0.110. The van der Waals surface area contributed by atoms with E-state index in [1.807, 2.05) is 54.1 Å². The van der Waals surface area contributed by atoms with Gasteiger partial charge in [0.2, 0.25) is 0 Å². The van der Waals surface area contributed by atoms with E-state index in [9.17, 15) is 19.5 Å². The molecule has 2 aromatic rings. The van der Waals surface area contributed by atoms with Crippen LogP contribution in [0.5, 0.6) is 0 Å². The Bertz CT molecular complexity index is 1550. The fourth-order valence-electron chi connectivity index (χ4n) is 5.62. The predicted molar refractivity (Wildman–Crippen MR) is 230 cm³/mol. The molecule has 0 bridgehead atoms. The molecule has 0 unspecified atom stereocenters. The Labute approximate surface area is 377 Å². The average Bonchev–Trinajstić information content (AvgIpc) is 3.75. The maximum Gasteiger partial charge on any atom is 1.00 e. The molecule has 322 valence electrons. The fraction of sp³-hybridized carbons (Fsp3) is 0.711. The van der Waals surface area contributed by atoms with Crippen LogP contribution in [0.1, 0.15) is 104 Å². The van der Waals surface area contributed by atoms with E-state index in [4.69, 9.17) is 18.9 Å².